The van der Waals surface area contributed by atoms with Crippen molar-refractivity contribution in [1.29, 1.82) is 0 Å². The molecule has 1 aromatic rings. The van der Waals surface area contributed by atoms with E-state index in [1.165, 1.54) is 5.56 Å². The third-order valence-electron chi connectivity index (χ3n) is 2.72. The molecule has 1 aliphatic rings. The van der Waals surface area contributed by atoms with Crippen LogP contribution >= 0.6 is 0 Å². The third-order valence-corrected chi connectivity index (χ3v) is 2.72. The van der Waals surface area contributed by atoms with Gasteiger partial charge in [0.1, 0.15) is 0 Å². The van der Waals surface area contributed by atoms with E-state index in [0.717, 1.165) is 12.2 Å². The molecule has 86 valence electrons. The summed E-state index contributed by atoms with van der Waals surface area (Å²) in [6.07, 6.45) is 0.530. The van der Waals surface area contributed by atoms with E-state index < -0.39 is 0 Å². The van der Waals surface area contributed by atoms with Gasteiger partial charge in [0.15, 0.2) is 0 Å². The lowest BCUT2D eigenvalue weighted by Crippen LogP contribution is -2.36. The fraction of sp³-hybridized carbons (Fsp3) is 0.417. The SMILES string of the molecule is CN(C)NC(=O)CC1CNc2ccccc21. The number of nitrogens with zero attached hydrogens (tertiary/aromatic N) is 1. The fourth-order valence-electron chi connectivity index (χ4n) is 2.06. The van der Waals surface area contributed by atoms with E-state index in [-0.39, 0.29) is 11.8 Å². The molecule has 1 aromatic carbocycles. The van der Waals surface area contributed by atoms with E-state index >= 15 is 0 Å². The van der Waals surface area contributed by atoms with Crippen molar-refractivity contribution in [2.75, 3.05) is 26.0 Å². The molecule has 1 aliphatic heterocycles. The monoisotopic (exact) mass is 219 g/mol. The predicted octanol–water partition coefficient (Wildman–Crippen LogP) is 1.18. The number of fused-ring (bicyclic) bond motifs is 1. The number of rotatable bonds is 3. The minimum atomic E-state index is 0.0634. The van der Waals surface area contributed by atoms with Crippen LogP contribution in [-0.4, -0.2) is 31.6 Å². The van der Waals surface area contributed by atoms with E-state index in [2.05, 4.69) is 22.9 Å². The van der Waals surface area contributed by atoms with E-state index in [1.54, 1.807) is 5.01 Å². The van der Waals surface area contributed by atoms with Crippen molar-refractivity contribution < 1.29 is 4.79 Å². The van der Waals surface area contributed by atoms with Gasteiger partial charge in [0.25, 0.3) is 0 Å². The van der Waals surface area contributed by atoms with Crippen LogP contribution in [0.4, 0.5) is 5.69 Å². The van der Waals surface area contributed by atoms with Crippen LogP contribution < -0.4 is 10.7 Å². The van der Waals surface area contributed by atoms with Crippen molar-refractivity contribution in [3.63, 3.8) is 0 Å². The number of carbonyl (C=O) groups excluding carboxylic acids is 1. The van der Waals surface area contributed by atoms with Crippen LogP contribution in [0.2, 0.25) is 0 Å². The van der Waals surface area contributed by atoms with Gasteiger partial charge in [-0.3, -0.25) is 10.2 Å². The summed E-state index contributed by atoms with van der Waals surface area (Å²) in [5.41, 5.74) is 5.17. The van der Waals surface area contributed by atoms with Crippen LogP contribution in [0.1, 0.15) is 17.9 Å². The normalized spacial score (nSPS) is 18.1. The Hall–Kier alpha value is -1.55. The number of para-hydroxylation sites is 1. The summed E-state index contributed by atoms with van der Waals surface area (Å²) in [5, 5.41) is 4.99. The molecule has 0 radical (unpaired) electrons. The number of hydrazine groups is 1. The minimum absolute atomic E-state index is 0.0634. The molecule has 4 heteroatoms. The Bertz CT molecular complexity index is 390. The lowest BCUT2D eigenvalue weighted by atomic mass is 9.98. The number of carbonyl (C=O) groups is 1. The molecular weight excluding hydrogens is 202 g/mol. The van der Waals surface area contributed by atoms with E-state index in [4.69, 9.17) is 0 Å². The number of hydrogen-bond donors (Lipinski definition) is 2. The summed E-state index contributed by atoms with van der Waals surface area (Å²) in [4.78, 5) is 11.6. The molecule has 1 unspecified atom stereocenters. The van der Waals surface area contributed by atoms with Crippen molar-refractivity contribution in [3.8, 4) is 0 Å². The quantitative estimate of drug-likeness (QED) is 0.750. The fourth-order valence-corrected chi connectivity index (χ4v) is 2.06. The third kappa shape index (κ3) is 2.33. The number of hydrogen-bond acceptors (Lipinski definition) is 3. The van der Waals surface area contributed by atoms with Gasteiger partial charge in [-0.2, -0.15) is 0 Å². The summed E-state index contributed by atoms with van der Waals surface area (Å²) in [7, 11) is 3.64. The number of anilines is 1. The highest BCUT2D eigenvalue weighted by molar-refractivity contribution is 5.77. The molecule has 0 spiro atoms. The number of amides is 1. The Morgan fingerprint density at radius 2 is 2.25 bits per heavy atom. The van der Waals surface area contributed by atoms with Gasteiger partial charge in [0.2, 0.25) is 5.91 Å². The van der Waals surface area contributed by atoms with Gasteiger partial charge in [-0.25, -0.2) is 5.01 Å². The Labute approximate surface area is 95.6 Å². The molecular formula is C12H17N3O. The van der Waals surface area contributed by atoms with Crippen LogP contribution in [-0.2, 0) is 4.79 Å². The van der Waals surface area contributed by atoms with E-state index in [0.29, 0.717) is 6.42 Å². The lowest BCUT2D eigenvalue weighted by molar-refractivity contribution is -0.125. The molecule has 16 heavy (non-hydrogen) atoms. The molecule has 0 bridgehead atoms. The highest BCUT2D eigenvalue weighted by atomic mass is 16.2. The summed E-state index contributed by atoms with van der Waals surface area (Å²) in [6, 6.07) is 8.17. The topological polar surface area (TPSA) is 44.4 Å². The average Bonchev–Trinajstić information content (AvgIpc) is 2.61. The molecule has 1 atom stereocenters. The first kappa shape index (κ1) is 11.0. The van der Waals surface area contributed by atoms with Crippen LogP contribution in [0.25, 0.3) is 0 Å². The smallest absolute Gasteiger partial charge is 0.234 e. The maximum Gasteiger partial charge on any atom is 0.234 e. The molecule has 0 saturated carbocycles. The van der Waals surface area contributed by atoms with Crippen molar-refractivity contribution in [2.24, 2.45) is 0 Å². The van der Waals surface area contributed by atoms with Crippen molar-refractivity contribution in [1.82, 2.24) is 10.4 Å². The first-order chi connectivity index (χ1) is 7.66. The zero-order valence-electron chi connectivity index (χ0n) is 9.66. The molecule has 0 aromatic heterocycles. The van der Waals surface area contributed by atoms with Crippen molar-refractivity contribution in [3.05, 3.63) is 29.8 Å². The predicted molar refractivity (Wildman–Crippen MR) is 64.1 cm³/mol. The van der Waals surface area contributed by atoms with Gasteiger partial charge in [-0.05, 0) is 11.6 Å². The van der Waals surface area contributed by atoms with Gasteiger partial charge in [0.05, 0.1) is 0 Å². The van der Waals surface area contributed by atoms with Crippen LogP contribution in [0.15, 0.2) is 24.3 Å². The number of benzene rings is 1. The van der Waals surface area contributed by atoms with Crippen LogP contribution in [0.3, 0.4) is 0 Å². The second-order valence-corrected chi connectivity index (χ2v) is 4.30. The zero-order valence-corrected chi connectivity index (χ0v) is 9.66. The second-order valence-electron chi connectivity index (χ2n) is 4.30. The van der Waals surface area contributed by atoms with Gasteiger partial charge in [-0.1, -0.05) is 18.2 Å². The summed E-state index contributed by atoms with van der Waals surface area (Å²) < 4.78 is 0. The highest BCUT2D eigenvalue weighted by Gasteiger charge is 2.23. The van der Waals surface area contributed by atoms with Crippen LogP contribution in [0, 0.1) is 0 Å². The maximum absolute atomic E-state index is 11.6. The summed E-state index contributed by atoms with van der Waals surface area (Å²) in [5.74, 6) is 0.352. The first-order valence-corrected chi connectivity index (χ1v) is 5.46. The standard InChI is InChI=1S/C12H17N3O/c1-15(2)14-12(16)7-9-8-13-11-6-4-3-5-10(9)11/h3-6,9,13H,7-8H2,1-2H3,(H,14,16). The van der Waals surface area contributed by atoms with Gasteiger partial charge < -0.3 is 5.32 Å². The van der Waals surface area contributed by atoms with Gasteiger partial charge in [0, 0.05) is 38.7 Å². The Balaban J connectivity index is 2.00. The molecule has 0 aliphatic carbocycles. The van der Waals surface area contributed by atoms with Crippen molar-refractivity contribution in [2.45, 2.75) is 12.3 Å². The highest BCUT2D eigenvalue weighted by Crippen LogP contribution is 2.32. The van der Waals surface area contributed by atoms with Crippen LogP contribution in [0.5, 0.6) is 0 Å². The van der Waals surface area contributed by atoms with E-state index in [1.807, 2.05) is 26.2 Å². The largest absolute Gasteiger partial charge is 0.384 e. The molecule has 4 nitrogen and oxygen atoms in total. The second kappa shape index (κ2) is 4.53. The molecule has 2 N–H and O–H groups in total. The minimum Gasteiger partial charge on any atom is -0.384 e. The Kier molecular flexibility index (Phi) is 3.10. The van der Waals surface area contributed by atoms with Crippen molar-refractivity contribution >= 4 is 11.6 Å². The molecule has 0 saturated heterocycles. The Morgan fingerprint density at radius 1 is 1.50 bits per heavy atom. The molecule has 1 heterocycles. The molecule has 2 rings (SSSR count). The first-order valence-electron chi connectivity index (χ1n) is 5.46. The number of nitrogens with one attached hydrogen (secondary N) is 2. The summed E-state index contributed by atoms with van der Waals surface area (Å²) in [6.45, 7) is 0.847. The maximum atomic E-state index is 11.6. The zero-order chi connectivity index (χ0) is 11.5. The molecule has 0 fully saturated rings. The molecule has 1 amide bonds. The van der Waals surface area contributed by atoms with E-state index in [9.17, 15) is 4.79 Å². The lowest BCUT2D eigenvalue weighted by Gasteiger charge is -2.14. The Morgan fingerprint density at radius 3 is 3.00 bits per heavy atom. The average molecular weight is 219 g/mol. The van der Waals surface area contributed by atoms with Gasteiger partial charge in [-0.15, -0.1) is 0 Å². The van der Waals surface area contributed by atoms with Gasteiger partial charge >= 0.3 is 0 Å². The summed E-state index contributed by atoms with van der Waals surface area (Å²) >= 11 is 0.